The second-order valence-corrected chi connectivity index (χ2v) is 2.56. The number of aliphatic carboxylic acids is 1. The molecule has 0 aromatic rings. The van der Waals surface area contributed by atoms with Gasteiger partial charge in [0.05, 0.1) is 0 Å². The van der Waals surface area contributed by atoms with E-state index in [1.807, 2.05) is 0 Å². The minimum absolute atomic E-state index is 0. The molecule has 11 heavy (non-hydrogen) atoms. The predicted molar refractivity (Wildman–Crippen MR) is 49.6 cm³/mol. The van der Waals surface area contributed by atoms with Crippen LogP contribution < -0.4 is 0 Å². The van der Waals surface area contributed by atoms with E-state index in [2.05, 4.69) is 6.92 Å². The fourth-order valence-electron chi connectivity index (χ4n) is 0.880. The normalized spacial score (nSPS) is 8.82. The number of hydrogen-bond donors (Lipinski definition) is 1. The van der Waals surface area contributed by atoms with Gasteiger partial charge in [0.25, 0.3) is 0 Å². The number of unbranched alkanes of at least 4 members (excludes halogenated alkanes) is 4. The fourth-order valence-corrected chi connectivity index (χ4v) is 0.880. The van der Waals surface area contributed by atoms with E-state index in [0.29, 0.717) is 6.42 Å². The zero-order valence-corrected chi connectivity index (χ0v) is 9.20. The molecule has 0 aromatic heterocycles. The average Bonchev–Trinajstić information content (AvgIpc) is 1.87. The first-order chi connectivity index (χ1) is 4.77. The van der Waals surface area contributed by atoms with Gasteiger partial charge in [-0.15, -0.1) is 0 Å². The third-order valence-electron chi connectivity index (χ3n) is 1.49. The van der Waals surface area contributed by atoms with Crippen LogP contribution in [-0.2, 0) is 4.79 Å². The minimum atomic E-state index is -0.670. The van der Waals surface area contributed by atoms with Gasteiger partial charge in [-0.05, 0) is 6.42 Å². The van der Waals surface area contributed by atoms with E-state index in [4.69, 9.17) is 5.11 Å². The summed E-state index contributed by atoms with van der Waals surface area (Å²) in [4.78, 5) is 10.0. The predicted octanol–water partition coefficient (Wildman–Crippen LogP) is 1.52. The van der Waals surface area contributed by atoms with Gasteiger partial charge < -0.3 is 5.11 Å². The van der Waals surface area contributed by atoms with Gasteiger partial charge in [0.15, 0.2) is 0 Å². The van der Waals surface area contributed by atoms with E-state index in [9.17, 15) is 4.79 Å². The standard InChI is InChI=1S/C8H16O2.H2Se/c1-2-3-4-5-6-7-8(9)10;/h2-7H2,1H3,(H,9,10);1H2. The molecule has 0 atom stereocenters. The molecule has 0 fully saturated rings. The van der Waals surface area contributed by atoms with Crippen molar-refractivity contribution in [2.75, 3.05) is 0 Å². The summed E-state index contributed by atoms with van der Waals surface area (Å²) in [5.41, 5.74) is 0. The Morgan fingerprint density at radius 2 is 1.73 bits per heavy atom. The molecule has 0 saturated carbocycles. The van der Waals surface area contributed by atoms with Crippen molar-refractivity contribution in [2.45, 2.75) is 45.4 Å². The Morgan fingerprint density at radius 1 is 1.18 bits per heavy atom. The number of rotatable bonds is 6. The molecule has 0 heterocycles. The maximum atomic E-state index is 10.0. The van der Waals surface area contributed by atoms with Crippen LogP contribution >= 0.6 is 0 Å². The summed E-state index contributed by atoms with van der Waals surface area (Å²) in [6.45, 7) is 2.15. The molecule has 0 aromatic carbocycles. The molecule has 0 spiro atoms. The molecule has 68 valence electrons. The van der Waals surface area contributed by atoms with Crippen LogP contribution in [0.25, 0.3) is 0 Å². The number of carboxylic acid groups (broad SMARTS) is 1. The van der Waals surface area contributed by atoms with Crippen molar-refractivity contribution in [3.05, 3.63) is 0 Å². The number of hydrogen-bond acceptors (Lipinski definition) is 1. The van der Waals surface area contributed by atoms with E-state index in [0.717, 1.165) is 12.8 Å². The SMILES string of the molecule is CCCCCCCC(=O)O.[SeH2]. The molecule has 0 aliphatic rings. The topological polar surface area (TPSA) is 37.3 Å². The van der Waals surface area contributed by atoms with E-state index in [1.54, 1.807) is 0 Å². The van der Waals surface area contributed by atoms with Crippen LogP contribution in [0.3, 0.4) is 0 Å². The summed E-state index contributed by atoms with van der Waals surface area (Å²) in [7, 11) is 0. The molecule has 0 saturated heterocycles. The molecule has 3 heteroatoms. The van der Waals surface area contributed by atoms with Crippen LogP contribution in [-0.4, -0.2) is 28.1 Å². The Morgan fingerprint density at radius 3 is 2.18 bits per heavy atom. The molecule has 0 rings (SSSR count). The van der Waals surface area contributed by atoms with Crippen LogP contribution in [0, 0.1) is 0 Å². The Hall–Kier alpha value is -0.0105. The summed E-state index contributed by atoms with van der Waals surface area (Å²) in [5.74, 6) is -0.670. The Bertz CT molecular complexity index is 94.1. The summed E-state index contributed by atoms with van der Waals surface area (Å²) < 4.78 is 0. The maximum absolute atomic E-state index is 10.0. The first-order valence-electron chi connectivity index (χ1n) is 3.99. The zero-order chi connectivity index (χ0) is 7.82. The summed E-state index contributed by atoms with van der Waals surface area (Å²) in [5, 5.41) is 8.27. The Kier molecular flexibility index (Phi) is 12.3. The monoisotopic (exact) mass is 226 g/mol. The van der Waals surface area contributed by atoms with Gasteiger partial charge in [0.2, 0.25) is 0 Å². The third-order valence-corrected chi connectivity index (χ3v) is 1.49. The van der Waals surface area contributed by atoms with Crippen LogP contribution in [0.5, 0.6) is 0 Å². The van der Waals surface area contributed by atoms with E-state index >= 15 is 0 Å². The van der Waals surface area contributed by atoms with Crippen molar-refractivity contribution in [3.8, 4) is 0 Å². The van der Waals surface area contributed by atoms with Gasteiger partial charge in [-0.25, -0.2) is 0 Å². The van der Waals surface area contributed by atoms with Crippen LogP contribution in [0.4, 0.5) is 0 Å². The Balaban J connectivity index is 0. The van der Waals surface area contributed by atoms with Gasteiger partial charge in [-0.3, -0.25) is 4.79 Å². The number of carboxylic acids is 1. The molecule has 0 aliphatic carbocycles. The van der Waals surface area contributed by atoms with Crippen molar-refractivity contribution in [1.82, 2.24) is 0 Å². The van der Waals surface area contributed by atoms with Gasteiger partial charge in [0, 0.05) is 6.42 Å². The van der Waals surface area contributed by atoms with Gasteiger partial charge >= 0.3 is 23.0 Å². The van der Waals surface area contributed by atoms with Crippen molar-refractivity contribution in [1.29, 1.82) is 0 Å². The molecule has 0 radical (unpaired) electrons. The van der Waals surface area contributed by atoms with E-state index in [1.165, 1.54) is 19.3 Å². The molecule has 0 unspecified atom stereocenters. The van der Waals surface area contributed by atoms with Crippen molar-refractivity contribution < 1.29 is 9.90 Å². The molecule has 0 bridgehead atoms. The quantitative estimate of drug-likeness (QED) is 0.549. The van der Waals surface area contributed by atoms with Crippen LogP contribution in [0.1, 0.15) is 45.4 Å². The Labute approximate surface area is 78.8 Å². The molecular weight excluding hydrogens is 207 g/mol. The first-order valence-corrected chi connectivity index (χ1v) is 3.99. The second kappa shape index (κ2) is 9.99. The fraction of sp³-hybridized carbons (Fsp3) is 0.875. The average molecular weight is 225 g/mol. The van der Waals surface area contributed by atoms with Crippen molar-refractivity contribution in [2.24, 2.45) is 0 Å². The molecule has 1 N–H and O–H groups in total. The van der Waals surface area contributed by atoms with E-state index in [-0.39, 0.29) is 17.1 Å². The van der Waals surface area contributed by atoms with Crippen molar-refractivity contribution in [3.63, 3.8) is 0 Å². The van der Waals surface area contributed by atoms with E-state index < -0.39 is 5.97 Å². The zero-order valence-electron chi connectivity index (χ0n) is 7.10. The van der Waals surface area contributed by atoms with Crippen LogP contribution in [0.15, 0.2) is 0 Å². The van der Waals surface area contributed by atoms with Gasteiger partial charge in [-0.2, -0.15) is 0 Å². The molecular formula is C8H18O2Se. The summed E-state index contributed by atoms with van der Waals surface area (Å²) >= 11 is 0. The first kappa shape index (κ1) is 13.6. The molecule has 0 amide bonds. The number of carbonyl (C=O) groups is 1. The van der Waals surface area contributed by atoms with Gasteiger partial charge in [0.1, 0.15) is 0 Å². The van der Waals surface area contributed by atoms with Gasteiger partial charge in [-0.1, -0.05) is 32.6 Å². The summed E-state index contributed by atoms with van der Waals surface area (Å²) in [6, 6.07) is 0. The van der Waals surface area contributed by atoms with Crippen molar-refractivity contribution >= 4 is 23.0 Å². The molecule has 2 nitrogen and oxygen atoms in total. The molecule has 0 aliphatic heterocycles. The summed E-state index contributed by atoms with van der Waals surface area (Å²) in [6.07, 6.45) is 5.88. The second-order valence-electron chi connectivity index (χ2n) is 2.56. The third kappa shape index (κ3) is 13.1. The van der Waals surface area contributed by atoms with Crippen LogP contribution in [0.2, 0.25) is 0 Å².